The van der Waals surface area contributed by atoms with Crippen LogP contribution in [0.5, 0.6) is 0 Å². The second-order valence-electron chi connectivity index (χ2n) is 5.64. The van der Waals surface area contributed by atoms with Crippen LogP contribution in [0.3, 0.4) is 0 Å². The Hall–Kier alpha value is -1.38. The number of hydrogen-bond acceptors (Lipinski definition) is 3. The number of rotatable bonds is 8. The highest BCUT2D eigenvalue weighted by Crippen LogP contribution is 2.09. The summed E-state index contributed by atoms with van der Waals surface area (Å²) in [6, 6.07) is 4.03. The van der Waals surface area contributed by atoms with Gasteiger partial charge >= 0.3 is 0 Å². The zero-order chi connectivity index (χ0) is 16.3. The van der Waals surface area contributed by atoms with Crippen LogP contribution < -0.4 is 10.6 Å². The molecule has 2 N–H and O–H groups in total. The normalized spacial score (nSPS) is 14.5. The molecule has 6 nitrogen and oxygen atoms in total. The van der Waals surface area contributed by atoms with Gasteiger partial charge < -0.3 is 15.5 Å². The van der Waals surface area contributed by atoms with E-state index in [-0.39, 0.29) is 29.9 Å². The van der Waals surface area contributed by atoms with E-state index >= 15 is 0 Å². The number of nitrogens with one attached hydrogen (secondary N) is 2. The first-order chi connectivity index (χ1) is 11.3. The molecule has 1 aromatic rings. The molecular weight excluding hydrogens is 417 g/mol. The second kappa shape index (κ2) is 12.0. The molecule has 7 heteroatoms. The number of hydrogen-bond donors (Lipinski definition) is 2. The highest BCUT2D eigenvalue weighted by molar-refractivity contribution is 14.0. The van der Waals surface area contributed by atoms with Crippen molar-refractivity contribution in [2.45, 2.75) is 32.6 Å². The lowest BCUT2D eigenvalue weighted by atomic mass is 10.2. The molecule has 2 heterocycles. The van der Waals surface area contributed by atoms with Gasteiger partial charge in [-0.05, 0) is 37.8 Å². The molecule has 0 spiro atoms. The van der Waals surface area contributed by atoms with Gasteiger partial charge in [-0.2, -0.15) is 0 Å². The molecule has 1 fully saturated rings. The molecular formula is C17H28IN5O. The Morgan fingerprint density at radius 2 is 2.29 bits per heavy atom. The maximum Gasteiger partial charge on any atom is 0.222 e. The molecule has 1 aliphatic rings. The monoisotopic (exact) mass is 445 g/mol. The standard InChI is InChI=1S/C17H27N5O.HI/c1-2-19-17(21-11-8-15-6-3-9-18-14-15)20-10-5-13-22-12-4-7-16(22)23;/h3,6,9,14H,2,4-5,7-8,10-13H2,1H3,(H2,19,20,21);1H. The van der Waals surface area contributed by atoms with Crippen molar-refractivity contribution in [3.05, 3.63) is 30.1 Å². The number of guanidine groups is 1. The van der Waals surface area contributed by atoms with Gasteiger partial charge in [0.1, 0.15) is 0 Å². The Kier molecular flexibility index (Phi) is 10.4. The fraction of sp³-hybridized carbons (Fsp3) is 0.588. The fourth-order valence-corrected chi connectivity index (χ4v) is 2.61. The van der Waals surface area contributed by atoms with Crippen molar-refractivity contribution in [1.82, 2.24) is 20.5 Å². The van der Waals surface area contributed by atoms with E-state index in [1.165, 1.54) is 5.56 Å². The summed E-state index contributed by atoms with van der Waals surface area (Å²) in [5.74, 6) is 1.12. The first-order valence-electron chi connectivity index (χ1n) is 8.48. The molecule has 1 saturated heterocycles. The Morgan fingerprint density at radius 3 is 2.96 bits per heavy atom. The number of halogens is 1. The Labute approximate surface area is 161 Å². The highest BCUT2D eigenvalue weighted by Gasteiger charge is 2.18. The third kappa shape index (κ3) is 7.46. The van der Waals surface area contributed by atoms with Crippen molar-refractivity contribution in [1.29, 1.82) is 0 Å². The molecule has 1 aromatic heterocycles. The van der Waals surface area contributed by atoms with E-state index in [1.807, 2.05) is 17.2 Å². The van der Waals surface area contributed by atoms with E-state index < -0.39 is 0 Å². The zero-order valence-corrected chi connectivity index (χ0v) is 16.7. The third-order valence-electron chi connectivity index (χ3n) is 3.80. The minimum atomic E-state index is 0. The minimum Gasteiger partial charge on any atom is -0.357 e. The van der Waals surface area contributed by atoms with Gasteiger partial charge in [0, 0.05) is 51.5 Å². The average Bonchev–Trinajstić information content (AvgIpc) is 2.97. The van der Waals surface area contributed by atoms with Gasteiger partial charge in [0.25, 0.3) is 0 Å². The maximum atomic E-state index is 11.5. The predicted octanol–water partition coefficient (Wildman–Crippen LogP) is 1.81. The lowest BCUT2D eigenvalue weighted by molar-refractivity contribution is -0.127. The van der Waals surface area contributed by atoms with Crippen molar-refractivity contribution in [3.63, 3.8) is 0 Å². The smallest absolute Gasteiger partial charge is 0.222 e. The molecule has 1 amide bonds. The number of aromatic nitrogens is 1. The van der Waals surface area contributed by atoms with Gasteiger partial charge in [-0.1, -0.05) is 6.07 Å². The van der Waals surface area contributed by atoms with E-state index in [0.717, 1.165) is 57.9 Å². The predicted molar refractivity (Wildman–Crippen MR) is 108 cm³/mol. The van der Waals surface area contributed by atoms with Crippen LogP contribution in [0.1, 0.15) is 31.7 Å². The number of likely N-dealkylation sites (tertiary alicyclic amines) is 1. The van der Waals surface area contributed by atoms with Gasteiger partial charge in [-0.3, -0.25) is 14.8 Å². The maximum absolute atomic E-state index is 11.5. The molecule has 1 aliphatic heterocycles. The van der Waals surface area contributed by atoms with E-state index in [0.29, 0.717) is 6.42 Å². The summed E-state index contributed by atoms with van der Waals surface area (Å²) in [4.78, 5) is 22.2. The summed E-state index contributed by atoms with van der Waals surface area (Å²) in [5, 5.41) is 6.59. The molecule has 0 radical (unpaired) electrons. The number of aliphatic imine (C=N–C) groups is 1. The first kappa shape index (κ1) is 20.7. The Balaban J connectivity index is 0.00000288. The second-order valence-corrected chi connectivity index (χ2v) is 5.64. The number of carbonyl (C=O) groups excluding carboxylic acids is 1. The molecule has 0 saturated carbocycles. The molecule has 0 aromatic carbocycles. The van der Waals surface area contributed by atoms with E-state index in [1.54, 1.807) is 6.20 Å². The Bertz CT molecular complexity index is 509. The van der Waals surface area contributed by atoms with Crippen molar-refractivity contribution >= 4 is 35.8 Å². The van der Waals surface area contributed by atoms with Gasteiger partial charge in [0.15, 0.2) is 5.96 Å². The SMILES string of the molecule is CCNC(=NCCCN1CCCC1=O)NCCc1cccnc1.I. The Morgan fingerprint density at radius 1 is 1.42 bits per heavy atom. The molecule has 0 bridgehead atoms. The summed E-state index contributed by atoms with van der Waals surface area (Å²) >= 11 is 0. The van der Waals surface area contributed by atoms with Crippen LogP contribution in [0.25, 0.3) is 0 Å². The van der Waals surface area contributed by atoms with Crippen LogP contribution in [0, 0.1) is 0 Å². The van der Waals surface area contributed by atoms with Crippen LogP contribution in [0.2, 0.25) is 0 Å². The number of amides is 1. The zero-order valence-electron chi connectivity index (χ0n) is 14.3. The summed E-state index contributed by atoms with van der Waals surface area (Å²) in [6.45, 7) is 6.17. The first-order valence-corrected chi connectivity index (χ1v) is 8.48. The summed E-state index contributed by atoms with van der Waals surface area (Å²) in [5.41, 5.74) is 1.21. The van der Waals surface area contributed by atoms with Crippen LogP contribution in [-0.4, -0.2) is 54.5 Å². The van der Waals surface area contributed by atoms with Gasteiger partial charge in [-0.25, -0.2) is 0 Å². The van der Waals surface area contributed by atoms with Crippen LogP contribution in [-0.2, 0) is 11.2 Å². The molecule has 2 rings (SSSR count). The van der Waals surface area contributed by atoms with Crippen molar-refractivity contribution in [2.75, 3.05) is 32.7 Å². The van der Waals surface area contributed by atoms with Crippen molar-refractivity contribution < 1.29 is 4.79 Å². The lowest BCUT2D eigenvalue weighted by Gasteiger charge is -2.15. The lowest BCUT2D eigenvalue weighted by Crippen LogP contribution is -2.38. The molecule has 134 valence electrons. The quantitative estimate of drug-likeness (QED) is 0.277. The minimum absolute atomic E-state index is 0. The number of carbonyl (C=O) groups is 1. The highest BCUT2D eigenvalue weighted by atomic mass is 127. The fourth-order valence-electron chi connectivity index (χ4n) is 2.61. The molecule has 0 aliphatic carbocycles. The van der Waals surface area contributed by atoms with Gasteiger partial charge in [0.2, 0.25) is 5.91 Å². The van der Waals surface area contributed by atoms with Gasteiger partial charge in [0.05, 0.1) is 0 Å². The third-order valence-corrected chi connectivity index (χ3v) is 3.80. The number of pyridine rings is 1. The topological polar surface area (TPSA) is 69.6 Å². The number of nitrogens with zero attached hydrogens (tertiary/aromatic N) is 3. The summed E-state index contributed by atoms with van der Waals surface area (Å²) < 4.78 is 0. The van der Waals surface area contributed by atoms with Crippen molar-refractivity contribution in [2.24, 2.45) is 4.99 Å². The summed E-state index contributed by atoms with van der Waals surface area (Å²) in [7, 11) is 0. The van der Waals surface area contributed by atoms with Crippen LogP contribution >= 0.6 is 24.0 Å². The van der Waals surface area contributed by atoms with Crippen LogP contribution in [0.15, 0.2) is 29.5 Å². The molecule has 24 heavy (non-hydrogen) atoms. The van der Waals surface area contributed by atoms with E-state index in [9.17, 15) is 4.79 Å². The summed E-state index contributed by atoms with van der Waals surface area (Å²) in [6.07, 6.45) is 7.21. The van der Waals surface area contributed by atoms with Crippen molar-refractivity contribution in [3.8, 4) is 0 Å². The van der Waals surface area contributed by atoms with E-state index in [2.05, 4.69) is 33.6 Å². The molecule has 0 atom stereocenters. The molecule has 0 unspecified atom stereocenters. The van der Waals surface area contributed by atoms with Crippen LogP contribution in [0.4, 0.5) is 0 Å². The van der Waals surface area contributed by atoms with E-state index in [4.69, 9.17) is 0 Å². The largest absolute Gasteiger partial charge is 0.357 e. The van der Waals surface area contributed by atoms with Gasteiger partial charge in [-0.15, -0.1) is 24.0 Å². The average molecular weight is 445 g/mol.